The van der Waals surface area contributed by atoms with E-state index in [0.29, 0.717) is 31.8 Å². The van der Waals surface area contributed by atoms with E-state index in [0.717, 1.165) is 35.3 Å². The van der Waals surface area contributed by atoms with E-state index in [-0.39, 0.29) is 30.3 Å². The topological polar surface area (TPSA) is 49.9 Å². The monoisotopic (exact) mass is 494 g/mol. The molecule has 2 amide bonds. The van der Waals surface area contributed by atoms with Crippen LogP contribution in [0.15, 0.2) is 66.0 Å². The Morgan fingerprint density at radius 2 is 1.74 bits per heavy atom. The molecule has 0 aliphatic carbocycles. The third-order valence-corrected chi connectivity index (χ3v) is 7.10. The van der Waals surface area contributed by atoms with Crippen molar-refractivity contribution in [3.63, 3.8) is 0 Å². The van der Waals surface area contributed by atoms with Crippen LogP contribution in [-0.4, -0.2) is 47.4 Å². The molecule has 1 saturated heterocycles. The molecule has 4 rings (SSSR count). The summed E-state index contributed by atoms with van der Waals surface area (Å²) in [5, 5.41) is 1.98. The molecule has 0 N–H and O–H groups in total. The third-order valence-electron chi connectivity index (χ3n) is 6.24. The first-order valence-electron chi connectivity index (χ1n) is 12.1. The molecule has 2 aromatic carbocycles. The molecular formula is C28H31FN2O3S. The largest absolute Gasteiger partial charge is 0.376 e. The molecule has 0 bridgehead atoms. The van der Waals surface area contributed by atoms with Gasteiger partial charge < -0.3 is 14.5 Å². The smallest absolute Gasteiger partial charge is 0.254 e. The first kappa shape index (κ1) is 25.1. The van der Waals surface area contributed by atoms with Gasteiger partial charge in [0, 0.05) is 30.1 Å². The molecule has 0 spiro atoms. The number of halogens is 1. The zero-order chi connectivity index (χ0) is 24.6. The quantitative estimate of drug-likeness (QED) is 0.384. The number of hydrogen-bond acceptors (Lipinski definition) is 4. The lowest BCUT2D eigenvalue weighted by Crippen LogP contribution is -2.45. The minimum absolute atomic E-state index is 0.0409. The van der Waals surface area contributed by atoms with Crippen LogP contribution < -0.4 is 0 Å². The summed E-state index contributed by atoms with van der Waals surface area (Å²) in [4.78, 5) is 31.4. The summed E-state index contributed by atoms with van der Waals surface area (Å²) < 4.78 is 19.2. The van der Waals surface area contributed by atoms with E-state index in [1.165, 1.54) is 12.1 Å². The predicted molar refractivity (Wildman–Crippen MR) is 136 cm³/mol. The van der Waals surface area contributed by atoms with Crippen LogP contribution in [0, 0.1) is 5.82 Å². The summed E-state index contributed by atoms with van der Waals surface area (Å²) in [7, 11) is 0. The van der Waals surface area contributed by atoms with Gasteiger partial charge in [-0.05, 0) is 66.1 Å². The van der Waals surface area contributed by atoms with Crippen LogP contribution >= 0.6 is 11.3 Å². The average molecular weight is 495 g/mol. The Labute approximate surface area is 210 Å². The van der Waals surface area contributed by atoms with Gasteiger partial charge in [0.2, 0.25) is 5.91 Å². The van der Waals surface area contributed by atoms with Gasteiger partial charge in [0.15, 0.2) is 0 Å². The first-order valence-corrected chi connectivity index (χ1v) is 12.9. The molecule has 0 radical (unpaired) electrons. The molecule has 3 aromatic rings. The second-order valence-corrected chi connectivity index (χ2v) is 9.86. The van der Waals surface area contributed by atoms with E-state index < -0.39 is 0 Å². The second-order valence-electron chi connectivity index (χ2n) is 8.83. The van der Waals surface area contributed by atoms with E-state index in [2.05, 4.69) is 6.92 Å². The number of nitrogens with zero attached hydrogens (tertiary/aromatic N) is 2. The van der Waals surface area contributed by atoms with Gasteiger partial charge in [-0.2, -0.15) is 0 Å². The second kappa shape index (κ2) is 12.1. The van der Waals surface area contributed by atoms with Crippen molar-refractivity contribution in [1.29, 1.82) is 0 Å². The van der Waals surface area contributed by atoms with E-state index in [1.54, 1.807) is 33.3 Å². The van der Waals surface area contributed by atoms with Crippen LogP contribution in [0.25, 0.3) is 0 Å². The van der Waals surface area contributed by atoms with Gasteiger partial charge in [-0.15, -0.1) is 11.3 Å². The summed E-state index contributed by atoms with van der Waals surface area (Å²) in [6.45, 7) is 3.86. The summed E-state index contributed by atoms with van der Waals surface area (Å²) in [5.41, 5.74) is 2.56. The highest BCUT2D eigenvalue weighted by atomic mass is 32.1. The van der Waals surface area contributed by atoms with Crippen molar-refractivity contribution < 1.29 is 18.7 Å². The van der Waals surface area contributed by atoms with E-state index in [9.17, 15) is 14.0 Å². The summed E-state index contributed by atoms with van der Waals surface area (Å²) >= 11 is 1.58. The molecule has 1 fully saturated rings. The highest BCUT2D eigenvalue weighted by Crippen LogP contribution is 2.19. The van der Waals surface area contributed by atoms with Crippen LogP contribution in [0.3, 0.4) is 0 Å². The van der Waals surface area contributed by atoms with Crippen LogP contribution in [0.5, 0.6) is 0 Å². The fourth-order valence-electron chi connectivity index (χ4n) is 4.22. The summed E-state index contributed by atoms with van der Waals surface area (Å²) in [6.07, 6.45) is 2.67. The molecule has 1 aliphatic rings. The van der Waals surface area contributed by atoms with Crippen LogP contribution in [0.2, 0.25) is 0 Å². The zero-order valence-electron chi connectivity index (χ0n) is 20.0. The van der Waals surface area contributed by atoms with Crippen molar-refractivity contribution in [1.82, 2.24) is 9.80 Å². The summed E-state index contributed by atoms with van der Waals surface area (Å²) in [6, 6.07) is 17.7. The molecule has 1 aromatic heterocycles. The van der Waals surface area contributed by atoms with Gasteiger partial charge in [-0.3, -0.25) is 9.59 Å². The lowest BCUT2D eigenvalue weighted by molar-refractivity contribution is -0.133. The van der Waals surface area contributed by atoms with Crippen molar-refractivity contribution in [3.05, 3.63) is 93.4 Å². The number of carbonyl (C=O) groups is 2. The van der Waals surface area contributed by atoms with Gasteiger partial charge in [-0.1, -0.05) is 37.3 Å². The fourth-order valence-corrected chi connectivity index (χ4v) is 4.93. The molecule has 2 heterocycles. The Morgan fingerprint density at radius 3 is 2.37 bits per heavy atom. The maximum atomic E-state index is 13.6. The molecular weight excluding hydrogens is 463 g/mol. The molecule has 0 saturated carbocycles. The number of ether oxygens (including phenoxy) is 1. The number of hydrogen-bond donors (Lipinski definition) is 0. The van der Waals surface area contributed by atoms with E-state index >= 15 is 0 Å². The Bertz CT molecular complexity index is 1090. The molecule has 35 heavy (non-hydrogen) atoms. The number of amides is 2. The Morgan fingerprint density at radius 1 is 1.00 bits per heavy atom. The van der Waals surface area contributed by atoms with Gasteiger partial charge in [0.05, 0.1) is 12.6 Å². The normalized spacial score (nSPS) is 15.2. The molecule has 5 nitrogen and oxygen atoms in total. The number of rotatable bonds is 10. The zero-order valence-corrected chi connectivity index (χ0v) is 20.8. The van der Waals surface area contributed by atoms with Crippen LogP contribution in [0.4, 0.5) is 4.39 Å². The van der Waals surface area contributed by atoms with E-state index in [1.807, 2.05) is 41.8 Å². The molecule has 0 unspecified atom stereocenters. The Kier molecular flexibility index (Phi) is 8.66. The van der Waals surface area contributed by atoms with Crippen molar-refractivity contribution in [2.24, 2.45) is 0 Å². The highest BCUT2D eigenvalue weighted by molar-refractivity contribution is 7.09. The minimum Gasteiger partial charge on any atom is -0.376 e. The van der Waals surface area contributed by atoms with Gasteiger partial charge >= 0.3 is 0 Å². The van der Waals surface area contributed by atoms with Gasteiger partial charge in [0.1, 0.15) is 12.4 Å². The molecule has 184 valence electrons. The van der Waals surface area contributed by atoms with E-state index in [4.69, 9.17) is 4.74 Å². The van der Waals surface area contributed by atoms with Crippen molar-refractivity contribution in [3.8, 4) is 0 Å². The predicted octanol–water partition coefficient (Wildman–Crippen LogP) is 5.30. The number of aryl methyl sites for hydroxylation is 1. The Hall–Kier alpha value is -3.03. The number of benzene rings is 2. The van der Waals surface area contributed by atoms with Crippen molar-refractivity contribution in [2.75, 3.05) is 19.7 Å². The molecule has 1 atom stereocenters. The lowest BCUT2D eigenvalue weighted by Gasteiger charge is -2.29. The Balaban J connectivity index is 1.54. The maximum Gasteiger partial charge on any atom is 0.254 e. The van der Waals surface area contributed by atoms with Gasteiger partial charge in [0.25, 0.3) is 5.91 Å². The average Bonchev–Trinajstić information content (AvgIpc) is 3.58. The van der Waals surface area contributed by atoms with Crippen LogP contribution in [0.1, 0.15) is 46.1 Å². The SMILES string of the molecule is CCc1ccc(C(=O)N(CC(=O)N(Cc2ccc(F)cc2)Cc2cccs2)C[C@@H]2CCCO2)cc1. The summed E-state index contributed by atoms with van der Waals surface area (Å²) in [5.74, 6) is -0.638. The van der Waals surface area contributed by atoms with Crippen molar-refractivity contribution in [2.45, 2.75) is 45.4 Å². The number of thiophene rings is 1. The van der Waals surface area contributed by atoms with Gasteiger partial charge in [-0.25, -0.2) is 4.39 Å². The van der Waals surface area contributed by atoms with Crippen LogP contribution in [-0.2, 0) is 29.0 Å². The molecule has 1 aliphatic heterocycles. The lowest BCUT2D eigenvalue weighted by atomic mass is 10.1. The van der Waals surface area contributed by atoms with Crippen molar-refractivity contribution >= 4 is 23.2 Å². The first-order chi connectivity index (χ1) is 17.0. The molecule has 7 heteroatoms. The fraction of sp³-hybridized carbons (Fsp3) is 0.357. The third kappa shape index (κ3) is 6.99. The standard InChI is InChI=1S/C28H31FN2O3S/c1-2-21-7-11-23(12-8-21)28(33)31(18-25-5-3-15-34-25)20-27(32)30(19-26-6-4-16-35-26)17-22-9-13-24(29)14-10-22/h4,6-14,16,25H,2-3,5,15,17-20H2,1H3/t25-/m0/s1. The minimum atomic E-state index is -0.313. The number of carbonyl (C=O) groups excluding carboxylic acids is 2. The maximum absolute atomic E-state index is 13.6. The highest BCUT2D eigenvalue weighted by Gasteiger charge is 2.27.